The summed E-state index contributed by atoms with van der Waals surface area (Å²) >= 11 is 0. The standard InChI is InChI=1S/C12H14O/c1-13-7-6-10-8-11-4-2-3-5-12(11)9-10/h2-5,8H,6-7,9H2,1H3. The first-order valence-electron chi connectivity index (χ1n) is 4.66. The molecule has 0 spiro atoms. The lowest BCUT2D eigenvalue weighted by molar-refractivity contribution is 0.202. The van der Waals surface area contributed by atoms with E-state index in [2.05, 4.69) is 30.3 Å². The fraction of sp³-hybridized carbons (Fsp3) is 0.333. The summed E-state index contributed by atoms with van der Waals surface area (Å²) in [6.07, 6.45) is 4.46. The first-order valence-corrected chi connectivity index (χ1v) is 4.66. The highest BCUT2D eigenvalue weighted by atomic mass is 16.5. The van der Waals surface area contributed by atoms with Crippen LogP contribution in [0.15, 0.2) is 29.8 Å². The molecule has 2 rings (SSSR count). The maximum atomic E-state index is 5.06. The van der Waals surface area contributed by atoms with Crippen LogP contribution in [0.2, 0.25) is 0 Å². The Morgan fingerprint density at radius 1 is 1.31 bits per heavy atom. The Bertz CT molecular complexity index is 326. The Labute approximate surface area is 79.0 Å². The van der Waals surface area contributed by atoms with Crippen molar-refractivity contribution in [1.82, 2.24) is 0 Å². The maximum Gasteiger partial charge on any atom is 0.0499 e. The van der Waals surface area contributed by atoms with Gasteiger partial charge in [-0.2, -0.15) is 0 Å². The van der Waals surface area contributed by atoms with E-state index in [1.165, 1.54) is 16.7 Å². The van der Waals surface area contributed by atoms with Gasteiger partial charge in [-0.1, -0.05) is 35.9 Å². The molecule has 0 N–H and O–H groups in total. The van der Waals surface area contributed by atoms with E-state index in [-0.39, 0.29) is 0 Å². The summed E-state index contributed by atoms with van der Waals surface area (Å²) in [4.78, 5) is 0. The molecule has 13 heavy (non-hydrogen) atoms. The van der Waals surface area contributed by atoms with Crippen LogP contribution in [0.1, 0.15) is 17.5 Å². The fourth-order valence-corrected chi connectivity index (χ4v) is 1.75. The van der Waals surface area contributed by atoms with Crippen LogP contribution in [0.4, 0.5) is 0 Å². The number of fused-ring (bicyclic) bond motifs is 1. The van der Waals surface area contributed by atoms with Crippen LogP contribution < -0.4 is 0 Å². The molecule has 0 bridgehead atoms. The molecule has 1 nitrogen and oxygen atoms in total. The Balaban J connectivity index is 2.08. The maximum absolute atomic E-state index is 5.06. The fourth-order valence-electron chi connectivity index (χ4n) is 1.75. The summed E-state index contributed by atoms with van der Waals surface area (Å²) in [6, 6.07) is 8.57. The molecule has 1 aromatic carbocycles. The predicted octanol–water partition coefficient (Wildman–Crippen LogP) is 2.66. The van der Waals surface area contributed by atoms with Gasteiger partial charge in [0.2, 0.25) is 0 Å². The van der Waals surface area contributed by atoms with E-state index in [0.29, 0.717) is 0 Å². The van der Waals surface area contributed by atoms with Gasteiger partial charge >= 0.3 is 0 Å². The summed E-state index contributed by atoms with van der Waals surface area (Å²) in [5.74, 6) is 0. The van der Waals surface area contributed by atoms with Gasteiger partial charge in [-0.05, 0) is 24.0 Å². The molecule has 68 valence electrons. The van der Waals surface area contributed by atoms with Crippen molar-refractivity contribution in [2.24, 2.45) is 0 Å². The number of methoxy groups -OCH3 is 1. The molecule has 1 aromatic rings. The third-order valence-electron chi connectivity index (χ3n) is 2.46. The highest BCUT2D eigenvalue weighted by molar-refractivity contribution is 5.63. The van der Waals surface area contributed by atoms with E-state index in [4.69, 9.17) is 4.74 Å². The van der Waals surface area contributed by atoms with Crippen molar-refractivity contribution < 1.29 is 4.74 Å². The molecule has 0 saturated carbocycles. The van der Waals surface area contributed by atoms with Crippen molar-refractivity contribution in [2.75, 3.05) is 13.7 Å². The number of benzene rings is 1. The third-order valence-corrected chi connectivity index (χ3v) is 2.46. The quantitative estimate of drug-likeness (QED) is 0.684. The number of hydrogen-bond donors (Lipinski definition) is 0. The highest BCUT2D eigenvalue weighted by Gasteiger charge is 2.10. The third kappa shape index (κ3) is 1.81. The average molecular weight is 174 g/mol. The molecule has 0 saturated heterocycles. The van der Waals surface area contributed by atoms with Crippen molar-refractivity contribution in [3.63, 3.8) is 0 Å². The molecule has 0 fully saturated rings. The molecule has 0 aromatic heterocycles. The normalized spacial score (nSPS) is 14.1. The van der Waals surface area contributed by atoms with Crippen LogP contribution in [0, 0.1) is 0 Å². The second-order valence-electron chi connectivity index (χ2n) is 3.42. The molecular formula is C12H14O. The van der Waals surface area contributed by atoms with Crippen LogP contribution in [0.5, 0.6) is 0 Å². The molecule has 1 aliphatic carbocycles. The van der Waals surface area contributed by atoms with Gasteiger partial charge in [0.25, 0.3) is 0 Å². The minimum absolute atomic E-state index is 0.833. The van der Waals surface area contributed by atoms with E-state index in [1.54, 1.807) is 7.11 Å². The topological polar surface area (TPSA) is 9.23 Å². The van der Waals surface area contributed by atoms with Gasteiger partial charge in [-0.15, -0.1) is 0 Å². The first kappa shape index (κ1) is 8.52. The van der Waals surface area contributed by atoms with Crippen LogP contribution >= 0.6 is 0 Å². The summed E-state index contributed by atoms with van der Waals surface area (Å²) in [6.45, 7) is 0.833. The smallest absolute Gasteiger partial charge is 0.0499 e. The first-order chi connectivity index (χ1) is 6.40. The minimum Gasteiger partial charge on any atom is -0.384 e. The second-order valence-corrected chi connectivity index (χ2v) is 3.42. The summed E-state index contributed by atoms with van der Waals surface area (Å²) in [5.41, 5.74) is 4.32. The zero-order chi connectivity index (χ0) is 9.10. The Morgan fingerprint density at radius 2 is 2.15 bits per heavy atom. The van der Waals surface area contributed by atoms with Gasteiger partial charge in [0, 0.05) is 13.7 Å². The zero-order valence-corrected chi connectivity index (χ0v) is 7.92. The van der Waals surface area contributed by atoms with Gasteiger partial charge < -0.3 is 4.74 Å². The predicted molar refractivity (Wildman–Crippen MR) is 54.6 cm³/mol. The van der Waals surface area contributed by atoms with E-state index in [0.717, 1.165) is 19.4 Å². The van der Waals surface area contributed by atoms with Crippen LogP contribution in [0.25, 0.3) is 6.08 Å². The molecule has 1 heteroatoms. The Morgan fingerprint density at radius 3 is 2.92 bits per heavy atom. The van der Waals surface area contributed by atoms with Gasteiger partial charge in [-0.3, -0.25) is 0 Å². The molecule has 0 atom stereocenters. The minimum atomic E-state index is 0.833. The number of rotatable bonds is 3. The van der Waals surface area contributed by atoms with Gasteiger partial charge in [0.1, 0.15) is 0 Å². The van der Waals surface area contributed by atoms with Crippen molar-refractivity contribution in [3.8, 4) is 0 Å². The lowest BCUT2D eigenvalue weighted by Crippen LogP contribution is -1.91. The van der Waals surface area contributed by atoms with Crippen molar-refractivity contribution in [3.05, 3.63) is 41.0 Å². The van der Waals surface area contributed by atoms with E-state index in [1.807, 2.05) is 0 Å². The molecule has 0 unspecified atom stereocenters. The SMILES string of the molecule is COCCC1=Cc2ccccc2C1. The molecule has 0 aliphatic heterocycles. The average Bonchev–Trinajstić information content (AvgIpc) is 2.57. The summed E-state index contributed by atoms with van der Waals surface area (Å²) in [7, 11) is 1.75. The molecule has 0 amide bonds. The lowest BCUT2D eigenvalue weighted by atomic mass is 10.1. The molecule has 0 radical (unpaired) electrons. The molecular weight excluding hydrogens is 160 g/mol. The lowest BCUT2D eigenvalue weighted by Gasteiger charge is -1.99. The number of ether oxygens (including phenoxy) is 1. The monoisotopic (exact) mass is 174 g/mol. The Hall–Kier alpha value is -1.08. The molecule has 1 aliphatic rings. The Kier molecular flexibility index (Phi) is 2.46. The van der Waals surface area contributed by atoms with Crippen LogP contribution in [0.3, 0.4) is 0 Å². The zero-order valence-electron chi connectivity index (χ0n) is 7.92. The second kappa shape index (κ2) is 3.75. The van der Waals surface area contributed by atoms with Crippen LogP contribution in [-0.4, -0.2) is 13.7 Å². The molecule has 0 heterocycles. The summed E-state index contributed by atoms with van der Waals surface area (Å²) < 4.78 is 5.06. The van der Waals surface area contributed by atoms with Crippen molar-refractivity contribution in [1.29, 1.82) is 0 Å². The van der Waals surface area contributed by atoms with Crippen LogP contribution in [-0.2, 0) is 11.2 Å². The number of hydrogen-bond acceptors (Lipinski definition) is 1. The van der Waals surface area contributed by atoms with E-state index < -0.39 is 0 Å². The van der Waals surface area contributed by atoms with Crippen molar-refractivity contribution in [2.45, 2.75) is 12.8 Å². The summed E-state index contributed by atoms with van der Waals surface area (Å²) in [5, 5.41) is 0. The van der Waals surface area contributed by atoms with Gasteiger partial charge in [-0.25, -0.2) is 0 Å². The highest BCUT2D eigenvalue weighted by Crippen LogP contribution is 2.26. The van der Waals surface area contributed by atoms with E-state index >= 15 is 0 Å². The van der Waals surface area contributed by atoms with Gasteiger partial charge in [0.15, 0.2) is 0 Å². The van der Waals surface area contributed by atoms with Crippen molar-refractivity contribution >= 4 is 6.08 Å². The van der Waals surface area contributed by atoms with E-state index in [9.17, 15) is 0 Å². The van der Waals surface area contributed by atoms with Gasteiger partial charge in [0.05, 0.1) is 0 Å². The largest absolute Gasteiger partial charge is 0.384 e.